The molecule has 0 N–H and O–H groups in total. The van der Waals surface area contributed by atoms with Crippen LogP contribution in [0.15, 0.2) is 12.1 Å². The van der Waals surface area contributed by atoms with Gasteiger partial charge in [0.05, 0.1) is 22.5 Å². The summed E-state index contributed by atoms with van der Waals surface area (Å²) in [5, 5.41) is 4.69. The number of benzene rings is 1. The van der Waals surface area contributed by atoms with Crippen LogP contribution in [0, 0.1) is 34.6 Å². The Morgan fingerprint density at radius 1 is 0.833 bits per heavy atom. The van der Waals surface area contributed by atoms with Crippen molar-refractivity contribution in [2.45, 2.75) is 67.3 Å². The highest BCUT2D eigenvalue weighted by molar-refractivity contribution is 6.21. The largest absolute Gasteiger partial charge is 0.280 e. The molecule has 0 fully saturated rings. The van der Waals surface area contributed by atoms with E-state index in [2.05, 4.69) is 32.9 Å². The van der Waals surface area contributed by atoms with Crippen LogP contribution in [-0.4, -0.2) is 37.4 Å². The molecule has 0 spiro atoms. The van der Waals surface area contributed by atoms with Crippen molar-refractivity contribution in [2.24, 2.45) is 0 Å². The number of nitrogens with zero attached hydrogens (tertiary/aromatic N) is 4. The van der Waals surface area contributed by atoms with E-state index in [4.69, 9.17) is 10.1 Å². The summed E-state index contributed by atoms with van der Waals surface area (Å²) < 4.78 is 1.59. The highest BCUT2D eigenvalue weighted by Gasteiger charge is 2.43. The predicted molar refractivity (Wildman–Crippen MR) is 117 cm³/mol. The molecule has 0 bridgehead atoms. The second kappa shape index (κ2) is 7.04. The van der Waals surface area contributed by atoms with E-state index in [1.807, 2.05) is 20.8 Å². The van der Waals surface area contributed by atoms with Gasteiger partial charge in [-0.2, -0.15) is 5.10 Å². The maximum atomic E-state index is 13.4. The van der Waals surface area contributed by atoms with Crippen molar-refractivity contribution in [2.75, 3.05) is 0 Å². The van der Waals surface area contributed by atoms with Crippen LogP contribution in [0.1, 0.15) is 75.6 Å². The minimum Gasteiger partial charge on any atom is -0.270 e. The number of hydrogen-bond acceptors (Lipinski definition) is 4. The first-order chi connectivity index (χ1) is 14.2. The van der Waals surface area contributed by atoms with Gasteiger partial charge >= 0.3 is 0 Å². The van der Waals surface area contributed by atoms with E-state index in [9.17, 15) is 9.59 Å². The van der Waals surface area contributed by atoms with E-state index < -0.39 is 0 Å². The third-order valence-corrected chi connectivity index (χ3v) is 6.21. The molecule has 6 heteroatoms. The lowest BCUT2D eigenvalue weighted by atomic mass is 9.94. The zero-order chi connectivity index (χ0) is 21.9. The number of carbonyl (C=O) groups is 2. The van der Waals surface area contributed by atoms with Crippen molar-refractivity contribution in [1.29, 1.82) is 0 Å². The SMILES string of the molecule is CCC(CC)N1C(=O)c2c(C)nc3c(-c4c(C)cc(C)cc4C)c(C)nn3c2C1=O. The lowest BCUT2D eigenvalue weighted by Gasteiger charge is -2.23. The van der Waals surface area contributed by atoms with Gasteiger partial charge in [0.1, 0.15) is 5.69 Å². The molecule has 2 amide bonds. The second-order valence-electron chi connectivity index (χ2n) is 8.34. The topological polar surface area (TPSA) is 67.6 Å². The molecule has 2 aromatic heterocycles. The Morgan fingerprint density at radius 3 is 2.00 bits per heavy atom. The molecule has 0 aliphatic carbocycles. The van der Waals surface area contributed by atoms with Crippen LogP contribution in [0.4, 0.5) is 0 Å². The zero-order valence-corrected chi connectivity index (χ0v) is 18.8. The first kappa shape index (κ1) is 20.3. The molecule has 6 nitrogen and oxygen atoms in total. The van der Waals surface area contributed by atoms with E-state index in [1.165, 1.54) is 10.5 Å². The lowest BCUT2D eigenvalue weighted by molar-refractivity contribution is 0.0573. The fraction of sp³-hybridized carbons (Fsp3) is 0.417. The Morgan fingerprint density at radius 2 is 1.43 bits per heavy atom. The van der Waals surface area contributed by atoms with Crippen molar-refractivity contribution in [3.05, 3.63) is 51.5 Å². The van der Waals surface area contributed by atoms with Crippen molar-refractivity contribution < 1.29 is 9.59 Å². The van der Waals surface area contributed by atoms with Crippen LogP contribution in [0.25, 0.3) is 16.8 Å². The van der Waals surface area contributed by atoms with Crippen molar-refractivity contribution in [3.63, 3.8) is 0 Å². The molecule has 1 aliphatic heterocycles. The molecule has 0 radical (unpaired) electrons. The Bertz CT molecular complexity index is 1190. The number of imide groups is 1. The Hall–Kier alpha value is -3.02. The monoisotopic (exact) mass is 404 g/mol. The summed E-state index contributed by atoms with van der Waals surface area (Å²) >= 11 is 0. The van der Waals surface area contributed by atoms with Gasteiger partial charge in [-0.05, 0) is 64.2 Å². The highest BCUT2D eigenvalue weighted by Crippen LogP contribution is 2.36. The molecular weight excluding hydrogens is 376 g/mol. The van der Waals surface area contributed by atoms with Gasteiger partial charge in [0, 0.05) is 6.04 Å². The van der Waals surface area contributed by atoms with E-state index in [-0.39, 0.29) is 17.9 Å². The predicted octanol–water partition coefficient (Wildman–Crippen LogP) is 4.72. The zero-order valence-electron chi connectivity index (χ0n) is 18.8. The minimum absolute atomic E-state index is 0.121. The van der Waals surface area contributed by atoms with Crippen LogP contribution >= 0.6 is 0 Å². The van der Waals surface area contributed by atoms with Gasteiger partial charge in [-0.25, -0.2) is 9.50 Å². The van der Waals surface area contributed by atoms with E-state index in [1.54, 1.807) is 11.4 Å². The number of aryl methyl sites for hydroxylation is 5. The maximum absolute atomic E-state index is 13.4. The van der Waals surface area contributed by atoms with Gasteiger partial charge in [-0.15, -0.1) is 0 Å². The normalized spacial score (nSPS) is 13.8. The number of aromatic nitrogens is 3. The standard InChI is InChI=1S/C24H28N4O2/c1-8-17(9-2)27-23(29)20-15(6)25-22-19(16(7)26-28(22)21(20)24(27)30)18-13(4)10-12(3)11-14(18)5/h10-11,17H,8-9H2,1-7H3. The molecule has 4 rings (SSSR count). The Labute approximate surface area is 176 Å². The summed E-state index contributed by atoms with van der Waals surface area (Å²) in [6, 6.07) is 4.17. The quantitative estimate of drug-likeness (QED) is 0.590. The van der Waals surface area contributed by atoms with Crippen LogP contribution in [-0.2, 0) is 0 Å². The maximum Gasteiger partial charge on any atom is 0.280 e. The molecule has 1 aliphatic rings. The number of carbonyl (C=O) groups excluding carboxylic acids is 2. The highest BCUT2D eigenvalue weighted by atomic mass is 16.2. The van der Waals surface area contributed by atoms with Crippen LogP contribution in [0.5, 0.6) is 0 Å². The van der Waals surface area contributed by atoms with Gasteiger partial charge in [0.15, 0.2) is 5.65 Å². The van der Waals surface area contributed by atoms with Crippen molar-refractivity contribution in [1.82, 2.24) is 19.5 Å². The lowest BCUT2D eigenvalue weighted by Crippen LogP contribution is -2.39. The molecule has 1 aromatic carbocycles. The Balaban J connectivity index is 2.03. The van der Waals surface area contributed by atoms with E-state index >= 15 is 0 Å². The summed E-state index contributed by atoms with van der Waals surface area (Å²) in [5.74, 6) is -0.529. The molecule has 0 atom stereocenters. The molecule has 156 valence electrons. The van der Waals surface area contributed by atoms with Crippen LogP contribution in [0.3, 0.4) is 0 Å². The first-order valence-corrected chi connectivity index (χ1v) is 10.6. The fourth-order valence-electron chi connectivity index (χ4n) is 4.90. The Kier molecular flexibility index (Phi) is 4.76. The summed E-state index contributed by atoms with van der Waals surface area (Å²) in [7, 11) is 0. The fourth-order valence-corrected chi connectivity index (χ4v) is 4.90. The summed E-state index contributed by atoms with van der Waals surface area (Å²) in [5.41, 5.74) is 8.24. The smallest absolute Gasteiger partial charge is 0.270 e. The summed E-state index contributed by atoms with van der Waals surface area (Å²) in [6.07, 6.45) is 1.45. The molecule has 0 unspecified atom stereocenters. The summed E-state index contributed by atoms with van der Waals surface area (Å²) in [4.78, 5) is 32.7. The van der Waals surface area contributed by atoms with Gasteiger partial charge in [-0.3, -0.25) is 14.5 Å². The first-order valence-electron chi connectivity index (χ1n) is 10.6. The van der Waals surface area contributed by atoms with E-state index in [0.29, 0.717) is 22.6 Å². The number of amides is 2. The molecule has 0 saturated carbocycles. The van der Waals surface area contributed by atoms with Crippen molar-refractivity contribution in [3.8, 4) is 11.1 Å². The third kappa shape index (κ3) is 2.70. The average Bonchev–Trinajstić information content (AvgIpc) is 3.12. The molecule has 0 saturated heterocycles. The van der Waals surface area contributed by atoms with Gasteiger partial charge in [0.25, 0.3) is 11.8 Å². The second-order valence-corrected chi connectivity index (χ2v) is 8.34. The molecular formula is C24H28N4O2. The molecule has 3 heterocycles. The molecule has 3 aromatic rings. The van der Waals surface area contributed by atoms with Crippen LogP contribution in [0.2, 0.25) is 0 Å². The van der Waals surface area contributed by atoms with Gasteiger partial charge in [0.2, 0.25) is 0 Å². The minimum atomic E-state index is -0.273. The van der Waals surface area contributed by atoms with Gasteiger partial charge in [-0.1, -0.05) is 31.5 Å². The third-order valence-electron chi connectivity index (χ3n) is 6.21. The average molecular weight is 405 g/mol. The number of fused-ring (bicyclic) bond motifs is 3. The van der Waals surface area contributed by atoms with E-state index in [0.717, 1.165) is 40.8 Å². The van der Waals surface area contributed by atoms with Gasteiger partial charge < -0.3 is 0 Å². The summed E-state index contributed by atoms with van der Waals surface area (Å²) in [6.45, 7) is 14.0. The number of hydrogen-bond donors (Lipinski definition) is 0. The van der Waals surface area contributed by atoms with Crippen molar-refractivity contribution >= 4 is 17.5 Å². The number of rotatable bonds is 4. The molecule has 30 heavy (non-hydrogen) atoms. The van der Waals surface area contributed by atoms with Crippen LogP contribution < -0.4 is 0 Å².